The van der Waals surface area contributed by atoms with E-state index in [2.05, 4.69) is 17.9 Å². The van der Waals surface area contributed by atoms with E-state index in [1.807, 2.05) is 13.0 Å². The zero-order valence-corrected chi connectivity index (χ0v) is 11.6. The van der Waals surface area contributed by atoms with Gasteiger partial charge in [-0.1, -0.05) is 11.6 Å². The van der Waals surface area contributed by atoms with Gasteiger partial charge in [0.25, 0.3) is 0 Å². The summed E-state index contributed by atoms with van der Waals surface area (Å²) in [4.78, 5) is 2.27. The highest BCUT2D eigenvalue weighted by Crippen LogP contribution is 2.37. The van der Waals surface area contributed by atoms with Crippen LogP contribution in [0.1, 0.15) is 22.8 Å². The normalized spacial score (nSPS) is 27.7. The summed E-state index contributed by atoms with van der Waals surface area (Å²) in [5.74, 6) is 0.864. The summed E-state index contributed by atoms with van der Waals surface area (Å²) >= 11 is 0. The maximum Gasteiger partial charge on any atom is 0.128 e. The van der Waals surface area contributed by atoms with Gasteiger partial charge in [0.05, 0.1) is 19.3 Å². The van der Waals surface area contributed by atoms with Gasteiger partial charge in [0, 0.05) is 18.7 Å². The number of rotatable bonds is 1. The molecule has 2 aliphatic heterocycles. The number of hydrogen-bond donors (Lipinski definition) is 1. The zero-order valence-electron chi connectivity index (χ0n) is 11.6. The summed E-state index contributed by atoms with van der Waals surface area (Å²) in [5, 5.41) is 10.7. The molecule has 0 bridgehead atoms. The van der Waals surface area contributed by atoms with Crippen LogP contribution in [0.4, 0.5) is 0 Å². The summed E-state index contributed by atoms with van der Waals surface area (Å²) < 4.78 is 11.3. The summed E-state index contributed by atoms with van der Waals surface area (Å²) in [6.45, 7) is 7.85. The Morgan fingerprint density at radius 1 is 1.21 bits per heavy atom. The molecule has 2 atom stereocenters. The van der Waals surface area contributed by atoms with E-state index in [-0.39, 0.29) is 6.04 Å². The van der Waals surface area contributed by atoms with E-state index in [4.69, 9.17) is 9.47 Å². The molecule has 0 radical (unpaired) electrons. The maximum atomic E-state index is 10.7. The van der Waals surface area contributed by atoms with Crippen LogP contribution in [0.15, 0.2) is 12.1 Å². The van der Waals surface area contributed by atoms with Gasteiger partial charge >= 0.3 is 0 Å². The molecule has 0 amide bonds. The predicted molar refractivity (Wildman–Crippen MR) is 72.6 cm³/mol. The lowest BCUT2D eigenvalue weighted by atomic mass is 9.94. The Kier molecular flexibility index (Phi) is 3.48. The second-order valence-electron chi connectivity index (χ2n) is 5.47. The van der Waals surface area contributed by atoms with E-state index in [0.29, 0.717) is 6.61 Å². The number of fused-ring (bicyclic) bond motifs is 1. The van der Waals surface area contributed by atoms with Crippen molar-refractivity contribution in [2.45, 2.75) is 26.0 Å². The van der Waals surface area contributed by atoms with Crippen molar-refractivity contribution in [2.75, 3.05) is 32.9 Å². The molecule has 0 aliphatic carbocycles. The van der Waals surface area contributed by atoms with Crippen LogP contribution in [0.5, 0.6) is 5.75 Å². The third kappa shape index (κ3) is 2.36. The average molecular weight is 263 g/mol. The Balaban J connectivity index is 1.88. The van der Waals surface area contributed by atoms with Crippen LogP contribution in [0, 0.1) is 13.8 Å². The Hall–Kier alpha value is -1.10. The van der Waals surface area contributed by atoms with Gasteiger partial charge in [0.2, 0.25) is 0 Å². The van der Waals surface area contributed by atoms with E-state index in [9.17, 15) is 5.11 Å². The van der Waals surface area contributed by atoms with Crippen LogP contribution in [-0.4, -0.2) is 49.0 Å². The van der Waals surface area contributed by atoms with E-state index in [1.54, 1.807) is 0 Å². The molecule has 4 heteroatoms. The van der Waals surface area contributed by atoms with Crippen molar-refractivity contribution in [2.24, 2.45) is 0 Å². The van der Waals surface area contributed by atoms with Gasteiger partial charge in [-0.3, -0.25) is 4.90 Å². The molecule has 0 aromatic heterocycles. The quantitative estimate of drug-likeness (QED) is 0.832. The minimum atomic E-state index is -0.472. The lowest BCUT2D eigenvalue weighted by Crippen LogP contribution is -2.50. The molecular formula is C15H21NO3. The van der Waals surface area contributed by atoms with E-state index in [0.717, 1.165) is 43.2 Å². The van der Waals surface area contributed by atoms with Crippen molar-refractivity contribution in [3.05, 3.63) is 28.8 Å². The monoisotopic (exact) mass is 263 g/mol. The number of benzene rings is 1. The molecule has 2 aliphatic rings. The predicted octanol–water partition coefficient (Wildman–Crippen LogP) is 1.43. The van der Waals surface area contributed by atoms with E-state index in [1.165, 1.54) is 5.56 Å². The van der Waals surface area contributed by atoms with Gasteiger partial charge in [0.1, 0.15) is 18.5 Å². The fourth-order valence-electron chi connectivity index (χ4n) is 3.09. The van der Waals surface area contributed by atoms with Crippen molar-refractivity contribution >= 4 is 0 Å². The molecule has 0 spiro atoms. The molecule has 0 saturated carbocycles. The smallest absolute Gasteiger partial charge is 0.128 e. The first-order chi connectivity index (χ1) is 9.16. The highest BCUT2D eigenvalue weighted by atomic mass is 16.5. The van der Waals surface area contributed by atoms with Crippen LogP contribution >= 0.6 is 0 Å². The molecule has 104 valence electrons. The highest BCUT2D eigenvalue weighted by Gasteiger charge is 2.35. The number of morpholine rings is 1. The second-order valence-corrected chi connectivity index (χ2v) is 5.47. The topological polar surface area (TPSA) is 41.9 Å². The fourth-order valence-corrected chi connectivity index (χ4v) is 3.09. The molecule has 1 aromatic carbocycles. The molecule has 2 unspecified atom stereocenters. The fraction of sp³-hybridized carbons (Fsp3) is 0.600. The molecule has 4 nitrogen and oxygen atoms in total. The van der Waals surface area contributed by atoms with Crippen LogP contribution in [-0.2, 0) is 4.74 Å². The zero-order chi connectivity index (χ0) is 13.4. The number of aliphatic hydroxyl groups excluding tert-OH is 1. The Morgan fingerprint density at radius 2 is 1.95 bits per heavy atom. The van der Waals surface area contributed by atoms with E-state index >= 15 is 0 Å². The standard InChI is InChI=1S/C15H21NO3/c1-10-7-11(2)15-12(8-10)14(17)13(9-19-15)16-3-5-18-6-4-16/h7-8,13-14,17H,3-6,9H2,1-2H3. The Bertz CT molecular complexity index is 469. The van der Waals surface area contributed by atoms with Crippen LogP contribution in [0.25, 0.3) is 0 Å². The lowest BCUT2D eigenvalue weighted by molar-refractivity contribution is -0.0455. The Morgan fingerprint density at radius 3 is 2.68 bits per heavy atom. The summed E-state index contributed by atoms with van der Waals surface area (Å²) in [7, 11) is 0. The molecule has 1 N–H and O–H groups in total. The van der Waals surface area contributed by atoms with Crippen molar-refractivity contribution in [3.63, 3.8) is 0 Å². The molecule has 1 fully saturated rings. The molecule has 19 heavy (non-hydrogen) atoms. The minimum Gasteiger partial charge on any atom is -0.491 e. The molecule has 3 rings (SSSR count). The van der Waals surface area contributed by atoms with Crippen molar-refractivity contribution in [1.82, 2.24) is 4.90 Å². The third-order valence-corrected chi connectivity index (χ3v) is 4.04. The number of ether oxygens (including phenoxy) is 2. The summed E-state index contributed by atoms with van der Waals surface area (Å²) in [5.41, 5.74) is 3.20. The lowest BCUT2D eigenvalue weighted by Gasteiger charge is -2.40. The van der Waals surface area contributed by atoms with Gasteiger partial charge in [-0.25, -0.2) is 0 Å². The first kappa shape index (κ1) is 12.9. The molecule has 1 saturated heterocycles. The first-order valence-electron chi connectivity index (χ1n) is 6.90. The van der Waals surface area contributed by atoms with Crippen molar-refractivity contribution in [3.8, 4) is 5.75 Å². The van der Waals surface area contributed by atoms with Crippen LogP contribution < -0.4 is 4.74 Å². The molecule has 2 heterocycles. The van der Waals surface area contributed by atoms with Gasteiger partial charge in [-0.2, -0.15) is 0 Å². The Labute approximate surface area is 113 Å². The summed E-state index contributed by atoms with van der Waals surface area (Å²) in [6, 6.07) is 4.18. The van der Waals surface area contributed by atoms with E-state index < -0.39 is 6.10 Å². The highest BCUT2D eigenvalue weighted by molar-refractivity contribution is 5.46. The van der Waals surface area contributed by atoms with Crippen LogP contribution in [0.2, 0.25) is 0 Å². The molecular weight excluding hydrogens is 242 g/mol. The second kappa shape index (κ2) is 5.12. The third-order valence-electron chi connectivity index (χ3n) is 4.04. The summed E-state index contributed by atoms with van der Waals surface area (Å²) in [6.07, 6.45) is -0.472. The van der Waals surface area contributed by atoms with Crippen molar-refractivity contribution < 1.29 is 14.6 Å². The van der Waals surface area contributed by atoms with Crippen molar-refractivity contribution in [1.29, 1.82) is 0 Å². The molecule has 1 aromatic rings. The van der Waals surface area contributed by atoms with Gasteiger partial charge in [-0.05, 0) is 25.5 Å². The number of nitrogens with zero attached hydrogens (tertiary/aromatic N) is 1. The van der Waals surface area contributed by atoms with Gasteiger partial charge < -0.3 is 14.6 Å². The van der Waals surface area contributed by atoms with Crippen LogP contribution in [0.3, 0.4) is 0 Å². The largest absolute Gasteiger partial charge is 0.491 e. The average Bonchev–Trinajstić information content (AvgIpc) is 2.41. The number of aliphatic hydroxyl groups is 1. The number of hydrogen-bond acceptors (Lipinski definition) is 4. The van der Waals surface area contributed by atoms with Gasteiger partial charge in [-0.15, -0.1) is 0 Å². The number of aryl methyl sites for hydroxylation is 2. The minimum absolute atomic E-state index is 0.0394. The first-order valence-corrected chi connectivity index (χ1v) is 6.90. The SMILES string of the molecule is Cc1cc(C)c2c(c1)C(O)C(N1CCOCC1)CO2. The van der Waals surface area contributed by atoms with Gasteiger partial charge in [0.15, 0.2) is 0 Å². The maximum absolute atomic E-state index is 10.7.